The highest BCUT2D eigenvalue weighted by Crippen LogP contribution is 2.29. The molecule has 168 valence electrons. The number of carboxylic acids is 1. The SMILES string of the molecule is C=C1C=C(c2nnc(C(C)(Cc3ccccc3)NC(=O)OC(C)(C)C)o2)C=C(C(=O)O)N1. The summed E-state index contributed by atoms with van der Waals surface area (Å²) in [7, 11) is 0. The van der Waals surface area contributed by atoms with E-state index in [1.54, 1.807) is 33.8 Å². The molecule has 1 amide bonds. The van der Waals surface area contributed by atoms with E-state index in [2.05, 4.69) is 27.4 Å². The summed E-state index contributed by atoms with van der Waals surface area (Å²) in [6, 6.07) is 9.54. The van der Waals surface area contributed by atoms with Crippen molar-refractivity contribution < 1.29 is 23.8 Å². The molecule has 9 nitrogen and oxygen atoms in total. The first-order chi connectivity index (χ1) is 14.9. The molecule has 1 aliphatic rings. The number of allylic oxidation sites excluding steroid dienone is 3. The second kappa shape index (κ2) is 8.70. The number of hydrogen-bond acceptors (Lipinski definition) is 7. The summed E-state index contributed by atoms with van der Waals surface area (Å²) in [5.41, 5.74) is -0.128. The number of carboxylic acid groups (broad SMARTS) is 1. The van der Waals surface area contributed by atoms with Gasteiger partial charge < -0.3 is 24.9 Å². The Balaban J connectivity index is 1.95. The van der Waals surface area contributed by atoms with Crippen molar-refractivity contribution in [2.75, 3.05) is 0 Å². The van der Waals surface area contributed by atoms with Gasteiger partial charge in [-0.15, -0.1) is 10.2 Å². The number of benzene rings is 1. The van der Waals surface area contributed by atoms with Crippen molar-refractivity contribution >= 4 is 17.6 Å². The molecule has 1 aliphatic heterocycles. The molecule has 9 heteroatoms. The molecule has 0 spiro atoms. The molecular weight excluding hydrogens is 412 g/mol. The lowest BCUT2D eigenvalue weighted by Crippen LogP contribution is -2.47. The lowest BCUT2D eigenvalue weighted by atomic mass is 9.92. The lowest BCUT2D eigenvalue weighted by molar-refractivity contribution is -0.133. The number of aliphatic carboxylic acids is 1. The number of hydrogen-bond donors (Lipinski definition) is 3. The van der Waals surface area contributed by atoms with Crippen molar-refractivity contribution in [3.63, 3.8) is 0 Å². The Morgan fingerprint density at radius 1 is 1.16 bits per heavy atom. The van der Waals surface area contributed by atoms with Crippen LogP contribution in [0.15, 0.2) is 64.9 Å². The molecule has 0 fully saturated rings. The van der Waals surface area contributed by atoms with Crippen LogP contribution in [0, 0.1) is 0 Å². The zero-order chi connectivity index (χ0) is 23.5. The maximum atomic E-state index is 12.6. The molecule has 0 saturated carbocycles. The zero-order valence-corrected chi connectivity index (χ0v) is 18.4. The smallest absolute Gasteiger partial charge is 0.408 e. The van der Waals surface area contributed by atoms with Crippen molar-refractivity contribution in [1.82, 2.24) is 20.8 Å². The highest BCUT2D eigenvalue weighted by molar-refractivity contribution is 5.92. The van der Waals surface area contributed by atoms with Crippen molar-refractivity contribution in [2.45, 2.75) is 45.3 Å². The van der Waals surface area contributed by atoms with Crippen LogP contribution in [0.3, 0.4) is 0 Å². The molecule has 32 heavy (non-hydrogen) atoms. The Labute approximate surface area is 185 Å². The van der Waals surface area contributed by atoms with Gasteiger partial charge in [-0.2, -0.15) is 0 Å². The van der Waals surface area contributed by atoms with E-state index < -0.39 is 23.2 Å². The Morgan fingerprint density at radius 3 is 2.47 bits per heavy atom. The number of alkyl carbamates (subject to hydrolysis) is 1. The van der Waals surface area contributed by atoms with Crippen LogP contribution in [0.1, 0.15) is 45.0 Å². The van der Waals surface area contributed by atoms with Gasteiger partial charge in [0.15, 0.2) is 0 Å². The number of dihydropyridines is 1. The Kier molecular flexibility index (Phi) is 6.20. The first-order valence-corrected chi connectivity index (χ1v) is 9.97. The van der Waals surface area contributed by atoms with Crippen LogP contribution in [-0.2, 0) is 21.5 Å². The number of amides is 1. The molecule has 0 saturated heterocycles. The number of rotatable bonds is 6. The van der Waals surface area contributed by atoms with E-state index in [1.807, 2.05) is 30.3 Å². The van der Waals surface area contributed by atoms with E-state index in [-0.39, 0.29) is 17.5 Å². The predicted molar refractivity (Wildman–Crippen MR) is 117 cm³/mol. The van der Waals surface area contributed by atoms with Crippen LogP contribution < -0.4 is 10.6 Å². The van der Waals surface area contributed by atoms with Crippen molar-refractivity contribution in [3.8, 4) is 0 Å². The van der Waals surface area contributed by atoms with Crippen LogP contribution in [0.4, 0.5) is 4.79 Å². The molecule has 1 aromatic heterocycles. The standard InChI is InChI=1S/C23H26N4O5/c1-14-11-16(12-17(24-14)19(28)29)18-26-27-20(31-18)23(5,13-15-9-7-6-8-10-15)25-21(30)32-22(2,3)4/h6-12,24H,1,13H2,2-5H3,(H,25,30)(H,28,29). The fraction of sp³-hybridized carbons (Fsp3) is 0.304. The van der Waals surface area contributed by atoms with Crippen LogP contribution >= 0.6 is 0 Å². The molecule has 1 atom stereocenters. The third-order valence-corrected chi connectivity index (χ3v) is 4.48. The summed E-state index contributed by atoms with van der Waals surface area (Å²) in [4.78, 5) is 23.9. The van der Waals surface area contributed by atoms with Gasteiger partial charge in [-0.1, -0.05) is 36.9 Å². The minimum atomic E-state index is -1.14. The minimum Gasteiger partial charge on any atom is -0.477 e. The fourth-order valence-electron chi connectivity index (χ4n) is 3.14. The molecule has 1 aromatic carbocycles. The van der Waals surface area contributed by atoms with E-state index in [1.165, 1.54) is 6.08 Å². The largest absolute Gasteiger partial charge is 0.477 e. The fourth-order valence-corrected chi connectivity index (χ4v) is 3.14. The molecule has 2 heterocycles. The van der Waals surface area contributed by atoms with Gasteiger partial charge in [0.1, 0.15) is 16.8 Å². The molecule has 0 aliphatic carbocycles. The molecular formula is C23H26N4O5. The van der Waals surface area contributed by atoms with Crippen molar-refractivity contribution in [3.05, 3.63) is 77.8 Å². The van der Waals surface area contributed by atoms with Gasteiger partial charge in [-0.3, -0.25) is 0 Å². The summed E-state index contributed by atoms with van der Waals surface area (Å²) < 4.78 is 11.3. The molecule has 3 N–H and O–H groups in total. The molecule has 0 bridgehead atoms. The molecule has 0 radical (unpaired) electrons. The zero-order valence-electron chi connectivity index (χ0n) is 18.4. The lowest BCUT2D eigenvalue weighted by Gasteiger charge is -2.29. The second-order valence-electron chi connectivity index (χ2n) is 8.65. The second-order valence-corrected chi connectivity index (χ2v) is 8.65. The van der Waals surface area contributed by atoms with Crippen LogP contribution in [0.5, 0.6) is 0 Å². The van der Waals surface area contributed by atoms with Crippen molar-refractivity contribution in [1.29, 1.82) is 0 Å². The first-order valence-electron chi connectivity index (χ1n) is 9.97. The number of ether oxygens (including phenoxy) is 1. The van der Waals surface area contributed by atoms with E-state index in [4.69, 9.17) is 9.15 Å². The van der Waals surface area contributed by atoms with E-state index >= 15 is 0 Å². The van der Waals surface area contributed by atoms with E-state index in [0.29, 0.717) is 17.7 Å². The van der Waals surface area contributed by atoms with Crippen LogP contribution in [0.25, 0.3) is 5.57 Å². The Bertz CT molecular complexity index is 1100. The summed E-state index contributed by atoms with van der Waals surface area (Å²) >= 11 is 0. The maximum absolute atomic E-state index is 12.6. The summed E-state index contributed by atoms with van der Waals surface area (Å²) in [5.74, 6) is -0.888. The molecule has 3 rings (SSSR count). The summed E-state index contributed by atoms with van der Waals surface area (Å²) in [5, 5.41) is 23.0. The Hall–Kier alpha value is -3.88. The van der Waals surface area contributed by atoms with Gasteiger partial charge in [-0.25, -0.2) is 9.59 Å². The summed E-state index contributed by atoms with van der Waals surface area (Å²) in [6.07, 6.45) is 2.71. The number of nitrogens with zero attached hydrogens (tertiary/aromatic N) is 2. The van der Waals surface area contributed by atoms with Gasteiger partial charge in [0.05, 0.1) is 0 Å². The highest BCUT2D eigenvalue weighted by atomic mass is 16.6. The summed E-state index contributed by atoms with van der Waals surface area (Å²) in [6.45, 7) is 10.8. The Morgan fingerprint density at radius 2 is 1.84 bits per heavy atom. The van der Waals surface area contributed by atoms with Gasteiger partial charge in [0, 0.05) is 17.7 Å². The number of aromatic nitrogens is 2. The number of carbonyl (C=O) groups is 2. The quantitative estimate of drug-likeness (QED) is 0.625. The highest BCUT2D eigenvalue weighted by Gasteiger charge is 2.37. The molecule has 1 unspecified atom stereocenters. The predicted octanol–water partition coefficient (Wildman–Crippen LogP) is 3.52. The van der Waals surface area contributed by atoms with Crippen LogP contribution in [-0.4, -0.2) is 33.0 Å². The monoisotopic (exact) mass is 438 g/mol. The normalized spacial score (nSPS) is 15.7. The third kappa shape index (κ3) is 5.63. The van der Waals surface area contributed by atoms with Gasteiger partial charge in [-0.05, 0) is 45.4 Å². The first kappa shape index (κ1) is 22.8. The topological polar surface area (TPSA) is 127 Å². The van der Waals surface area contributed by atoms with E-state index in [9.17, 15) is 14.7 Å². The van der Waals surface area contributed by atoms with E-state index in [0.717, 1.165) is 5.56 Å². The maximum Gasteiger partial charge on any atom is 0.408 e. The van der Waals surface area contributed by atoms with Crippen LogP contribution in [0.2, 0.25) is 0 Å². The average molecular weight is 438 g/mol. The van der Waals surface area contributed by atoms with Gasteiger partial charge >= 0.3 is 12.1 Å². The van der Waals surface area contributed by atoms with Crippen molar-refractivity contribution in [2.24, 2.45) is 0 Å². The number of nitrogens with one attached hydrogen (secondary N) is 2. The number of carbonyl (C=O) groups excluding carboxylic acids is 1. The average Bonchev–Trinajstić information content (AvgIpc) is 3.17. The third-order valence-electron chi connectivity index (χ3n) is 4.48. The van der Waals surface area contributed by atoms with Gasteiger partial charge in [0.25, 0.3) is 0 Å². The van der Waals surface area contributed by atoms with Gasteiger partial charge in [0.2, 0.25) is 11.8 Å². The molecule has 2 aromatic rings. The minimum absolute atomic E-state index is 0.0637.